The third kappa shape index (κ3) is 3.07. The summed E-state index contributed by atoms with van der Waals surface area (Å²) in [6.07, 6.45) is 1.55. The summed E-state index contributed by atoms with van der Waals surface area (Å²) in [6.45, 7) is -0.0718. The van der Waals surface area contributed by atoms with Crippen LogP contribution < -0.4 is 0 Å². The van der Waals surface area contributed by atoms with E-state index in [1.807, 2.05) is 35.7 Å². The predicted molar refractivity (Wildman–Crippen MR) is 94.2 cm³/mol. The number of H-pyrrole nitrogens is 1. The molecule has 2 aromatic heterocycles. The third-order valence-corrected chi connectivity index (χ3v) is 4.78. The monoisotopic (exact) mass is 352 g/mol. The number of hydrogen-bond acceptors (Lipinski definition) is 5. The van der Waals surface area contributed by atoms with Gasteiger partial charge in [0.05, 0.1) is 18.5 Å². The van der Waals surface area contributed by atoms with E-state index in [1.165, 1.54) is 17.4 Å². The minimum atomic E-state index is -0.315. The number of nitrogens with zero attached hydrogens (tertiary/aromatic N) is 3. The van der Waals surface area contributed by atoms with Crippen LogP contribution in [0.5, 0.6) is 0 Å². The van der Waals surface area contributed by atoms with Gasteiger partial charge in [-0.25, -0.2) is 9.37 Å². The Kier molecular flexibility index (Phi) is 4.09. The Hall–Kier alpha value is -2.90. The van der Waals surface area contributed by atoms with Gasteiger partial charge in [-0.15, -0.1) is 11.3 Å². The Morgan fingerprint density at radius 3 is 2.44 bits per heavy atom. The fraction of sp³-hybridized carbons (Fsp3) is 0.0556. The van der Waals surface area contributed by atoms with Crippen LogP contribution in [-0.4, -0.2) is 25.5 Å². The van der Waals surface area contributed by atoms with Crippen LogP contribution in [0.25, 0.3) is 33.0 Å². The van der Waals surface area contributed by atoms with Crippen molar-refractivity contribution in [3.05, 3.63) is 65.6 Å². The Bertz CT molecular complexity index is 996. The van der Waals surface area contributed by atoms with Crippen LogP contribution in [0.2, 0.25) is 0 Å². The van der Waals surface area contributed by atoms with Gasteiger partial charge in [-0.3, -0.25) is 0 Å². The molecule has 25 heavy (non-hydrogen) atoms. The number of thiazole rings is 1. The van der Waals surface area contributed by atoms with Crippen LogP contribution in [-0.2, 0) is 6.61 Å². The summed E-state index contributed by atoms with van der Waals surface area (Å²) in [5.41, 5.74) is 4.17. The molecule has 2 aromatic carbocycles. The molecule has 0 fully saturated rings. The van der Waals surface area contributed by atoms with Gasteiger partial charge in [0.25, 0.3) is 0 Å². The van der Waals surface area contributed by atoms with E-state index in [0.29, 0.717) is 22.5 Å². The van der Waals surface area contributed by atoms with E-state index in [2.05, 4.69) is 20.4 Å². The van der Waals surface area contributed by atoms with Crippen LogP contribution in [0.4, 0.5) is 4.39 Å². The van der Waals surface area contributed by atoms with Gasteiger partial charge in [-0.2, -0.15) is 15.4 Å². The second-order valence-electron chi connectivity index (χ2n) is 5.43. The number of halogens is 1. The second kappa shape index (κ2) is 6.54. The molecule has 0 saturated heterocycles. The molecule has 7 heteroatoms. The van der Waals surface area contributed by atoms with Crippen molar-refractivity contribution < 1.29 is 9.50 Å². The lowest BCUT2D eigenvalue weighted by Gasteiger charge is -2.06. The van der Waals surface area contributed by atoms with Gasteiger partial charge in [0.2, 0.25) is 0 Å². The highest BCUT2D eigenvalue weighted by Crippen LogP contribution is 2.30. The molecule has 0 bridgehead atoms. The number of aliphatic hydroxyl groups excluding tert-OH is 1. The molecule has 0 aliphatic rings. The van der Waals surface area contributed by atoms with Crippen molar-refractivity contribution >= 4 is 11.3 Å². The average molecular weight is 352 g/mol. The van der Waals surface area contributed by atoms with Crippen LogP contribution in [0.3, 0.4) is 0 Å². The summed E-state index contributed by atoms with van der Waals surface area (Å²) in [4.78, 5) is 4.34. The molecule has 2 N–H and O–H groups in total. The second-order valence-corrected chi connectivity index (χ2v) is 6.29. The lowest BCUT2D eigenvalue weighted by atomic mass is 10.0. The summed E-state index contributed by atoms with van der Waals surface area (Å²) in [6, 6.07) is 12.5. The number of hydrogen-bond donors (Lipinski definition) is 2. The summed E-state index contributed by atoms with van der Waals surface area (Å²) >= 11 is 1.47. The van der Waals surface area contributed by atoms with E-state index in [0.717, 1.165) is 16.1 Å². The van der Waals surface area contributed by atoms with E-state index < -0.39 is 0 Å². The molecule has 0 amide bonds. The van der Waals surface area contributed by atoms with Gasteiger partial charge < -0.3 is 5.11 Å². The third-order valence-electron chi connectivity index (χ3n) is 3.84. The molecule has 124 valence electrons. The highest BCUT2D eigenvalue weighted by molar-refractivity contribution is 7.13. The molecule has 4 aromatic rings. The van der Waals surface area contributed by atoms with E-state index in [1.54, 1.807) is 12.3 Å². The SMILES string of the molecule is OCc1csc(-c2ccc(-c3ccc(-c4cn[nH]n4)cc3F)cc2)n1. The summed E-state index contributed by atoms with van der Waals surface area (Å²) < 4.78 is 14.5. The first kappa shape index (κ1) is 15.6. The number of nitrogens with one attached hydrogen (secondary N) is 1. The van der Waals surface area contributed by atoms with Crippen molar-refractivity contribution in [3.63, 3.8) is 0 Å². The van der Waals surface area contributed by atoms with Crippen molar-refractivity contribution in [1.29, 1.82) is 0 Å². The van der Waals surface area contributed by atoms with E-state index in [9.17, 15) is 4.39 Å². The summed E-state index contributed by atoms with van der Waals surface area (Å²) in [5.74, 6) is -0.315. The molecular weight excluding hydrogens is 339 g/mol. The molecule has 0 aliphatic carbocycles. The Morgan fingerprint density at radius 2 is 1.80 bits per heavy atom. The van der Waals surface area contributed by atoms with Crippen molar-refractivity contribution in [2.75, 3.05) is 0 Å². The first-order valence-corrected chi connectivity index (χ1v) is 8.44. The van der Waals surface area contributed by atoms with Gasteiger partial charge in [-0.1, -0.05) is 36.4 Å². The number of aromatic amines is 1. The maximum atomic E-state index is 14.5. The van der Waals surface area contributed by atoms with Crippen molar-refractivity contribution in [2.24, 2.45) is 0 Å². The lowest BCUT2D eigenvalue weighted by molar-refractivity contribution is 0.278. The smallest absolute Gasteiger partial charge is 0.131 e. The van der Waals surface area contributed by atoms with Gasteiger partial charge in [0.1, 0.15) is 16.5 Å². The largest absolute Gasteiger partial charge is 0.390 e. The molecule has 0 spiro atoms. The van der Waals surface area contributed by atoms with Crippen molar-refractivity contribution in [1.82, 2.24) is 20.4 Å². The zero-order chi connectivity index (χ0) is 17.2. The van der Waals surface area contributed by atoms with Crippen LogP contribution in [0.1, 0.15) is 5.69 Å². The van der Waals surface area contributed by atoms with Gasteiger partial charge >= 0.3 is 0 Å². The molecule has 0 unspecified atom stereocenters. The quantitative estimate of drug-likeness (QED) is 0.584. The maximum absolute atomic E-state index is 14.5. The fourth-order valence-corrected chi connectivity index (χ4v) is 3.37. The minimum Gasteiger partial charge on any atom is -0.390 e. The molecule has 0 radical (unpaired) electrons. The topological polar surface area (TPSA) is 74.7 Å². The van der Waals surface area contributed by atoms with Crippen LogP contribution in [0.15, 0.2) is 54.0 Å². The Labute approximate surface area is 146 Å². The van der Waals surface area contributed by atoms with E-state index >= 15 is 0 Å². The standard InChI is InChI=1S/C18H13FN4OS/c19-16-7-13(17-8-20-23-22-17)5-6-15(16)11-1-3-12(4-2-11)18-21-14(9-24)10-25-18/h1-8,10,24H,9H2,(H,20,22,23). The first-order chi connectivity index (χ1) is 12.2. The van der Waals surface area contributed by atoms with E-state index in [-0.39, 0.29) is 12.4 Å². The van der Waals surface area contributed by atoms with Crippen molar-refractivity contribution in [2.45, 2.75) is 6.61 Å². The number of rotatable bonds is 4. The summed E-state index contributed by atoms with van der Waals surface area (Å²) in [5, 5.41) is 22.0. The van der Waals surface area contributed by atoms with Gasteiger partial charge in [0.15, 0.2) is 0 Å². The molecule has 0 saturated carbocycles. The first-order valence-electron chi connectivity index (χ1n) is 7.56. The minimum absolute atomic E-state index is 0.0718. The average Bonchev–Trinajstić information content (AvgIpc) is 3.34. The number of benzene rings is 2. The maximum Gasteiger partial charge on any atom is 0.131 e. The zero-order valence-corrected chi connectivity index (χ0v) is 13.8. The fourth-order valence-electron chi connectivity index (χ4n) is 2.55. The molecule has 2 heterocycles. The lowest BCUT2D eigenvalue weighted by Crippen LogP contribution is -1.88. The summed E-state index contributed by atoms with van der Waals surface area (Å²) in [7, 11) is 0. The molecule has 5 nitrogen and oxygen atoms in total. The highest BCUT2D eigenvalue weighted by Gasteiger charge is 2.10. The van der Waals surface area contributed by atoms with Crippen LogP contribution >= 0.6 is 11.3 Å². The molecular formula is C18H13FN4OS. The zero-order valence-electron chi connectivity index (χ0n) is 13.0. The molecule has 0 aliphatic heterocycles. The molecule has 0 atom stereocenters. The normalized spacial score (nSPS) is 11.0. The van der Waals surface area contributed by atoms with Crippen LogP contribution in [0, 0.1) is 5.82 Å². The predicted octanol–water partition coefficient (Wildman–Crippen LogP) is 3.89. The number of aromatic nitrogens is 4. The van der Waals surface area contributed by atoms with E-state index in [4.69, 9.17) is 5.11 Å². The highest BCUT2D eigenvalue weighted by atomic mass is 32.1. The van der Waals surface area contributed by atoms with Crippen molar-refractivity contribution in [3.8, 4) is 33.0 Å². The Balaban J connectivity index is 1.63. The molecule has 4 rings (SSSR count). The Morgan fingerprint density at radius 1 is 1.04 bits per heavy atom. The van der Waals surface area contributed by atoms with Gasteiger partial charge in [-0.05, 0) is 11.6 Å². The van der Waals surface area contributed by atoms with Gasteiger partial charge in [0, 0.05) is 22.1 Å². The number of aliphatic hydroxyl groups is 1.